The van der Waals surface area contributed by atoms with E-state index in [2.05, 4.69) is 0 Å². The van der Waals surface area contributed by atoms with Crippen LogP contribution in [0.1, 0.15) is 15.9 Å². The molecule has 0 N–H and O–H groups in total. The molecule has 0 saturated carbocycles. The lowest BCUT2D eigenvalue weighted by atomic mass is 10.2. The van der Waals surface area contributed by atoms with Crippen molar-refractivity contribution >= 4 is 51.9 Å². The summed E-state index contributed by atoms with van der Waals surface area (Å²) in [5.74, 6) is -1.56. The minimum atomic E-state index is -1.29. The van der Waals surface area contributed by atoms with Crippen LogP contribution in [0.3, 0.4) is 0 Å². The Morgan fingerprint density at radius 3 is 2.57 bits per heavy atom. The molecule has 1 saturated heterocycles. The number of anilines is 1. The summed E-state index contributed by atoms with van der Waals surface area (Å²) in [4.78, 5) is 25.4. The molecule has 0 aliphatic carbocycles. The Hall–Kier alpha value is -2.44. The third-order valence-corrected chi connectivity index (χ3v) is 4.53. The maximum absolute atomic E-state index is 12.6. The topological polar surface area (TPSA) is 60.4 Å². The fourth-order valence-electron chi connectivity index (χ4n) is 2.16. The zero-order valence-corrected chi connectivity index (χ0v) is 13.4. The highest BCUT2D eigenvalue weighted by Crippen LogP contribution is 2.36. The first-order valence-electron chi connectivity index (χ1n) is 6.70. The van der Waals surface area contributed by atoms with Crippen molar-refractivity contribution < 1.29 is 14.7 Å². The molecule has 0 spiro atoms. The predicted molar refractivity (Wildman–Crippen MR) is 92.9 cm³/mol. The van der Waals surface area contributed by atoms with Gasteiger partial charge < -0.3 is 9.90 Å². The molecule has 0 atom stereocenters. The lowest BCUT2D eigenvalue weighted by Gasteiger charge is -2.15. The lowest BCUT2D eigenvalue weighted by molar-refractivity contribution is -0.255. The standard InChI is InChI=1S/C17H11NO3S2/c19-15-14(9-11-5-2-1-3-6-11)23-17(22)18(15)13-8-4-7-12(10-13)16(20)21/h1-10H,(H,20,21)/p-1/b14-9+. The van der Waals surface area contributed by atoms with Crippen molar-refractivity contribution in [1.29, 1.82) is 0 Å². The first-order chi connectivity index (χ1) is 11.1. The van der Waals surface area contributed by atoms with Gasteiger partial charge in [-0.05, 0) is 29.3 Å². The van der Waals surface area contributed by atoms with Crippen LogP contribution in [0.2, 0.25) is 0 Å². The fourth-order valence-corrected chi connectivity index (χ4v) is 3.46. The largest absolute Gasteiger partial charge is 0.545 e. The molecular formula is C17H10NO3S2-. The van der Waals surface area contributed by atoms with E-state index in [9.17, 15) is 14.7 Å². The number of hydrogen-bond acceptors (Lipinski definition) is 5. The summed E-state index contributed by atoms with van der Waals surface area (Å²) in [6, 6.07) is 15.4. The average molecular weight is 340 g/mol. The number of amides is 1. The van der Waals surface area contributed by atoms with Crippen LogP contribution in [-0.2, 0) is 4.79 Å². The van der Waals surface area contributed by atoms with Gasteiger partial charge in [0.05, 0.1) is 16.6 Å². The van der Waals surface area contributed by atoms with E-state index in [-0.39, 0.29) is 11.5 Å². The number of carboxylic acids is 1. The molecule has 114 valence electrons. The molecule has 23 heavy (non-hydrogen) atoms. The summed E-state index contributed by atoms with van der Waals surface area (Å²) >= 11 is 6.46. The van der Waals surface area contributed by atoms with E-state index >= 15 is 0 Å². The Balaban J connectivity index is 1.95. The highest BCUT2D eigenvalue weighted by atomic mass is 32.2. The predicted octanol–water partition coefficient (Wildman–Crippen LogP) is 2.46. The first kappa shape index (κ1) is 15.5. The van der Waals surface area contributed by atoms with E-state index in [0.29, 0.717) is 14.9 Å². The van der Waals surface area contributed by atoms with Gasteiger partial charge in [-0.2, -0.15) is 0 Å². The molecule has 1 aliphatic rings. The summed E-state index contributed by atoms with van der Waals surface area (Å²) in [6.07, 6.45) is 1.77. The summed E-state index contributed by atoms with van der Waals surface area (Å²) in [5.41, 5.74) is 1.32. The normalized spacial score (nSPS) is 16.2. The van der Waals surface area contributed by atoms with Crippen LogP contribution in [0, 0.1) is 0 Å². The van der Waals surface area contributed by atoms with Crippen LogP contribution in [-0.4, -0.2) is 16.2 Å². The Labute approximate surface area is 142 Å². The van der Waals surface area contributed by atoms with E-state index < -0.39 is 5.97 Å². The maximum atomic E-state index is 12.6. The van der Waals surface area contributed by atoms with Crippen LogP contribution in [0.15, 0.2) is 59.5 Å². The number of rotatable bonds is 3. The number of carbonyl (C=O) groups excluding carboxylic acids is 2. The minimum absolute atomic E-state index is 0.00332. The number of carbonyl (C=O) groups is 2. The number of benzene rings is 2. The van der Waals surface area contributed by atoms with Gasteiger partial charge in [0.1, 0.15) is 0 Å². The number of hydrogen-bond donors (Lipinski definition) is 0. The van der Waals surface area contributed by atoms with Crippen molar-refractivity contribution in [3.05, 3.63) is 70.6 Å². The highest BCUT2D eigenvalue weighted by molar-refractivity contribution is 8.27. The van der Waals surface area contributed by atoms with Crippen LogP contribution in [0.5, 0.6) is 0 Å². The Morgan fingerprint density at radius 2 is 1.87 bits per heavy atom. The van der Waals surface area contributed by atoms with Crippen LogP contribution >= 0.6 is 24.0 Å². The van der Waals surface area contributed by atoms with E-state index in [0.717, 1.165) is 5.56 Å². The van der Waals surface area contributed by atoms with E-state index in [1.165, 1.54) is 28.8 Å². The van der Waals surface area contributed by atoms with Crippen molar-refractivity contribution in [2.24, 2.45) is 0 Å². The molecule has 6 heteroatoms. The summed E-state index contributed by atoms with van der Waals surface area (Å²) < 4.78 is 0.368. The van der Waals surface area contributed by atoms with Crippen molar-refractivity contribution in [2.75, 3.05) is 4.90 Å². The van der Waals surface area contributed by atoms with Gasteiger partial charge in [-0.3, -0.25) is 9.69 Å². The third-order valence-electron chi connectivity index (χ3n) is 3.23. The highest BCUT2D eigenvalue weighted by Gasteiger charge is 2.33. The average Bonchev–Trinajstić information content (AvgIpc) is 2.82. The summed E-state index contributed by atoms with van der Waals surface area (Å²) in [6.45, 7) is 0. The smallest absolute Gasteiger partial charge is 0.270 e. The summed E-state index contributed by atoms with van der Waals surface area (Å²) in [5, 5.41) is 11.0. The molecule has 1 aliphatic heterocycles. The molecule has 1 amide bonds. The number of thioether (sulfide) groups is 1. The van der Waals surface area contributed by atoms with Crippen LogP contribution in [0.25, 0.3) is 6.08 Å². The molecular weight excluding hydrogens is 330 g/mol. The van der Waals surface area contributed by atoms with Gasteiger partial charge >= 0.3 is 0 Å². The SMILES string of the molecule is O=C([O-])c1cccc(N2C(=O)/C(=C\c3ccccc3)SC2=S)c1. The van der Waals surface area contributed by atoms with E-state index in [1.807, 2.05) is 30.3 Å². The van der Waals surface area contributed by atoms with Gasteiger partial charge in [-0.15, -0.1) is 0 Å². The Morgan fingerprint density at radius 1 is 1.13 bits per heavy atom. The lowest BCUT2D eigenvalue weighted by Crippen LogP contribution is -2.28. The van der Waals surface area contributed by atoms with E-state index in [1.54, 1.807) is 18.2 Å². The van der Waals surface area contributed by atoms with Gasteiger partial charge in [0.2, 0.25) is 0 Å². The van der Waals surface area contributed by atoms with Gasteiger partial charge in [-0.25, -0.2) is 0 Å². The molecule has 0 radical (unpaired) electrons. The first-order valence-corrected chi connectivity index (χ1v) is 7.93. The number of aromatic carboxylic acids is 1. The fraction of sp³-hybridized carbons (Fsp3) is 0. The second-order valence-electron chi connectivity index (χ2n) is 4.77. The molecule has 0 bridgehead atoms. The molecule has 3 rings (SSSR count). The molecule has 0 aromatic heterocycles. The Kier molecular flexibility index (Phi) is 4.27. The van der Waals surface area contributed by atoms with Crippen molar-refractivity contribution in [3.8, 4) is 0 Å². The van der Waals surface area contributed by atoms with Gasteiger partial charge in [0, 0.05) is 0 Å². The maximum Gasteiger partial charge on any atom is 0.270 e. The Bertz CT molecular complexity index is 831. The van der Waals surface area contributed by atoms with Gasteiger partial charge in [0.15, 0.2) is 4.32 Å². The number of nitrogens with zero attached hydrogens (tertiary/aromatic N) is 1. The van der Waals surface area contributed by atoms with Crippen molar-refractivity contribution in [2.45, 2.75) is 0 Å². The number of carboxylic acid groups (broad SMARTS) is 1. The summed E-state index contributed by atoms with van der Waals surface area (Å²) in [7, 11) is 0. The molecule has 4 nitrogen and oxygen atoms in total. The van der Waals surface area contributed by atoms with Crippen molar-refractivity contribution in [1.82, 2.24) is 0 Å². The zero-order chi connectivity index (χ0) is 16.4. The van der Waals surface area contributed by atoms with Crippen molar-refractivity contribution in [3.63, 3.8) is 0 Å². The molecule has 2 aromatic carbocycles. The number of thiocarbonyl (C=S) groups is 1. The molecule has 0 unspecified atom stereocenters. The third kappa shape index (κ3) is 3.18. The molecule has 1 fully saturated rings. The molecule has 1 heterocycles. The monoisotopic (exact) mass is 340 g/mol. The minimum Gasteiger partial charge on any atom is -0.545 e. The molecule has 2 aromatic rings. The second-order valence-corrected chi connectivity index (χ2v) is 6.44. The van der Waals surface area contributed by atoms with Crippen LogP contribution in [0.4, 0.5) is 5.69 Å². The second kappa shape index (κ2) is 6.36. The van der Waals surface area contributed by atoms with Gasteiger partial charge in [-0.1, -0.05) is 66.4 Å². The quantitative estimate of drug-likeness (QED) is 0.634. The van der Waals surface area contributed by atoms with Crippen LogP contribution < -0.4 is 10.0 Å². The zero-order valence-electron chi connectivity index (χ0n) is 11.8. The van der Waals surface area contributed by atoms with Gasteiger partial charge in [0.25, 0.3) is 5.91 Å². The van der Waals surface area contributed by atoms with E-state index in [4.69, 9.17) is 12.2 Å².